The van der Waals surface area contributed by atoms with E-state index in [0.717, 1.165) is 0 Å². The fraction of sp³-hybridized carbons (Fsp3) is 0.333. The van der Waals surface area contributed by atoms with E-state index >= 15 is 0 Å². The molecule has 0 aliphatic carbocycles. The van der Waals surface area contributed by atoms with Crippen LogP contribution in [0.4, 0.5) is 5.69 Å². The van der Waals surface area contributed by atoms with Crippen molar-refractivity contribution in [2.75, 3.05) is 24.7 Å². The number of sulfonamides is 1. The molecule has 7 nitrogen and oxygen atoms in total. The number of nitrogens with one attached hydrogen (secondary N) is 1. The molecule has 0 radical (unpaired) electrons. The Morgan fingerprint density at radius 2 is 2.10 bits per heavy atom. The largest absolute Gasteiger partial charge is 0.495 e. The van der Waals surface area contributed by atoms with E-state index in [-0.39, 0.29) is 17.9 Å². The van der Waals surface area contributed by atoms with E-state index in [4.69, 9.17) is 10.00 Å². The van der Waals surface area contributed by atoms with Crippen molar-refractivity contribution in [3.63, 3.8) is 0 Å². The summed E-state index contributed by atoms with van der Waals surface area (Å²) in [6.45, 7) is 0. The van der Waals surface area contributed by atoms with Crippen LogP contribution in [-0.4, -0.2) is 34.4 Å². The highest BCUT2D eigenvalue weighted by Gasteiger charge is 2.16. The molecule has 1 aromatic rings. The highest BCUT2D eigenvalue weighted by Crippen LogP contribution is 2.26. The van der Waals surface area contributed by atoms with Crippen molar-refractivity contribution in [2.24, 2.45) is 0 Å². The zero-order valence-electron chi connectivity index (χ0n) is 11.0. The lowest BCUT2D eigenvalue weighted by molar-refractivity contribution is -0.140. The first-order valence-electron chi connectivity index (χ1n) is 5.57. The fourth-order valence-corrected chi connectivity index (χ4v) is 2.42. The molecule has 0 saturated carbocycles. The van der Waals surface area contributed by atoms with Crippen LogP contribution in [0, 0.1) is 11.3 Å². The van der Waals surface area contributed by atoms with Gasteiger partial charge in [-0.3, -0.25) is 9.52 Å². The number of ether oxygens (including phenoxy) is 2. The van der Waals surface area contributed by atoms with Crippen molar-refractivity contribution in [3.05, 3.63) is 23.8 Å². The zero-order valence-corrected chi connectivity index (χ0v) is 11.9. The third-order valence-corrected chi connectivity index (χ3v) is 3.67. The first kappa shape index (κ1) is 15.8. The number of hydrogen-bond acceptors (Lipinski definition) is 6. The summed E-state index contributed by atoms with van der Waals surface area (Å²) < 4.78 is 35.3. The van der Waals surface area contributed by atoms with Crippen LogP contribution in [-0.2, 0) is 19.6 Å². The number of nitrogens with zero attached hydrogens (tertiary/aromatic N) is 1. The molecular weight excluding hydrogens is 284 g/mol. The fourth-order valence-electron chi connectivity index (χ4n) is 1.38. The summed E-state index contributed by atoms with van der Waals surface area (Å²) >= 11 is 0. The zero-order chi connectivity index (χ0) is 15.2. The maximum Gasteiger partial charge on any atom is 0.306 e. The van der Waals surface area contributed by atoms with Gasteiger partial charge in [-0.2, -0.15) is 5.26 Å². The molecule has 0 amide bonds. The summed E-state index contributed by atoms with van der Waals surface area (Å²) in [5.41, 5.74) is 0.552. The van der Waals surface area contributed by atoms with E-state index in [2.05, 4.69) is 9.46 Å². The summed E-state index contributed by atoms with van der Waals surface area (Å²) in [6.07, 6.45) is -0.246. The standard InChI is InChI=1S/C12H14N2O5S/c1-18-11-7-9(8-13)3-4-10(11)14-20(16,17)6-5-12(15)19-2/h3-4,7,14H,5-6H2,1-2H3. The number of hydrogen-bond donors (Lipinski definition) is 1. The Kier molecular flexibility index (Phi) is 5.34. The molecule has 0 aliphatic rings. The number of carbonyl (C=O) groups excluding carboxylic acids is 1. The van der Waals surface area contributed by atoms with Crippen molar-refractivity contribution in [1.29, 1.82) is 5.26 Å². The van der Waals surface area contributed by atoms with Crippen LogP contribution < -0.4 is 9.46 Å². The summed E-state index contributed by atoms with van der Waals surface area (Å²) in [5.74, 6) is -0.782. The number of methoxy groups -OCH3 is 2. The summed E-state index contributed by atoms with van der Waals surface area (Å²) in [7, 11) is -1.16. The molecular formula is C12H14N2O5S. The van der Waals surface area contributed by atoms with Crippen LogP contribution in [0.5, 0.6) is 5.75 Å². The number of anilines is 1. The van der Waals surface area contributed by atoms with Crippen LogP contribution in [0.15, 0.2) is 18.2 Å². The van der Waals surface area contributed by atoms with Gasteiger partial charge < -0.3 is 9.47 Å². The molecule has 0 heterocycles. The molecule has 0 unspecified atom stereocenters. The third kappa shape index (κ3) is 4.44. The molecule has 20 heavy (non-hydrogen) atoms. The van der Waals surface area contributed by atoms with Crippen molar-refractivity contribution in [2.45, 2.75) is 6.42 Å². The van der Waals surface area contributed by atoms with E-state index in [0.29, 0.717) is 5.56 Å². The highest BCUT2D eigenvalue weighted by molar-refractivity contribution is 7.92. The monoisotopic (exact) mass is 298 g/mol. The summed E-state index contributed by atoms with van der Waals surface area (Å²) in [5, 5.41) is 8.76. The van der Waals surface area contributed by atoms with Crippen LogP contribution in [0.2, 0.25) is 0 Å². The Morgan fingerprint density at radius 3 is 2.65 bits per heavy atom. The van der Waals surface area contributed by atoms with Crippen LogP contribution in [0.1, 0.15) is 12.0 Å². The smallest absolute Gasteiger partial charge is 0.306 e. The van der Waals surface area contributed by atoms with Crippen molar-refractivity contribution < 1.29 is 22.7 Å². The number of rotatable bonds is 6. The maximum absolute atomic E-state index is 11.8. The van der Waals surface area contributed by atoms with E-state index < -0.39 is 21.7 Å². The second kappa shape index (κ2) is 6.77. The molecule has 0 aromatic heterocycles. The second-order valence-electron chi connectivity index (χ2n) is 3.77. The average molecular weight is 298 g/mol. The van der Waals surface area contributed by atoms with Gasteiger partial charge in [-0.05, 0) is 12.1 Å². The quantitative estimate of drug-likeness (QED) is 0.781. The molecule has 8 heteroatoms. The molecule has 1 N–H and O–H groups in total. The third-order valence-electron chi connectivity index (χ3n) is 2.40. The van der Waals surface area contributed by atoms with Crippen molar-refractivity contribution >= 4 is 21.7 Å². The molecule has 0 aliphatic heterocycles. The minimum absolute atomic E-state index is 0.205. The van der Waals surface area contributed by atoms with Crippen LogP contribution in [0.3, 0.4) is 0 Å². The van der Waals surface area contributed by atoms with E-state index in [1.54, 1.807) is 0 Å². The molecule has 0 spiro atoms. The first-order chi connectivity index (χ1) is 9.41. The lowest BCUT2D eigenvalue weighted by atomic mass is 10.2. The normalized spacial score (nSPS) is 10.4. The van der Waals surface area contributed by atoms with Gasteiger partial charge in [0.2, 0.25) is 10.0 Å². The van der Waals surface area contributed by atoms with Gasteiger partial charge in [-0.25, -0.2) is 8.42 Å². The van der Waals surface area contributed by atoms with Gasteiger partial charge in [0.05, 0.1) is 43.7 Å². The van der Waals surface area contributed by atoms with Gasteiger partial charge in [-0.1, -0.05) is 0 Å². The van der Waals surface area contributed by atoms with Crippen molar-refractivity contribution in [1.82, 2.24) is 0 Å². The summed E-state index contributed by atoms with van der Waals surface area (Å²) in [6, 6.07) is 6.22. The van der Waals surface area contributed by atoms with Crippen molar-refractivity contribution in [3.8, 4) is 11.8 Å². The molecule has 0 bridgehead atoms. The van der Waals surface area contributed by atoms with E-state index in [1.807, 2.05) is 6.07 Å². The minimum Gasteiger partial charge on any atom is -0.495 e. The Balaban J connectivity index is 2.87. The van der Waals surface area contributed by atoms with E-state index in [1.165, 1.54) is 32.4 Å². The molecule has 108 valence electrons. The summed E-state index contributed by atoms with van der Waals surface area (Å²) in [4.78, 5) is 10.9. The lowest BCUT2D eigenvalue weighted by Crippen LogP contribution is -2.19. The predicted octanol–water partition coefficient (Wildman–Crippen LogP) is 0.872. The lowest BCUT2D eigenvalue weighted by Gasteiger charge is -2.11. The maximum atomic E-state index is 11.8. The first-order valence-corrected chi connectivity index (χ1v) is 7.22. The Morgan fingerprint density at radius 1 is 1.40 bits per heavy atom. The van der Waals surface area contributed by atoms with Crippen LogP contribution >= 0.6 is 0 Å². The minimum atomic E-state index is -3.71. The van der Waals surface area contributed by atoms with Gasteiger partial charge in [0.25, 0.3) is 0 Å². The molecule has 1 aromatic carbocycles. The number of esters is 1. The van der Waals surface area contributed by atoms with E-state index in [9.17, 15) is 13.2 Å². The number of benzene rings is 1. The number of carbonyl (C=O) groups is 1. The highest BCUT2D eigenvalue weighted by atomic mass is 32.2. The topological polar surface area (TPSA) is 105 Å². The average Bonchev–Trinajstić information content (AvgIpc) is 2.44. The second-order valence-corrected chi connectivity index (χ2v) is 5.62. The molecule has 0 saturated heterocycles. The Bertz CT molecular complexity index is 634. The van der Waals surface area contributed by atoms with Gasteiger partial charge in [0.15, 0.2) is 0 Å². The number of nitriles is 1. The van der Waals surface area contributed by atoms with Gasteiger partial charge in [0, 0.05) is 6.07 Å². The Labute approximate surface area is 117 Å². The van der Waals surface area contributed by atoms with Gasteiger partial charge in [0.1, 0.15) is 5.75 Å². The van der Waals surface area contributed by atoms with Gasteiger partial charge >= 0.3 is 5.97 Å². The predicted molar refractivity (Wildman–Crippen MR) is 71.8 cm³/mol. The molecule has 1 rings (SSSR count). The Hall–Kier alpha value is -2.27. The van der Waals surface area contributed by atoms with Crippen LogP contribution in [0.25, 0.3) is 0 Å². The SMILES string of the molecule is COC(=O)CCS(=O)(=O)Nc1ccc(C#N)cc1OC. The molecule has 0 atom stereocenters. The molecule has 0 fully saturated rings. The van der Waals surface area contributed by atoms with Gasteiger partial charge in [-0.15, -0.1) is 0 Å².